The highest BCUT2D eigenvalue weighted by Crippen LogP contribution is 2.15. The smallest absolute Gasteiger partial charge is 0.188 e. The zero-order valence-electron chi connectivity index (χ0n) is 12.3. The topological polar surface area (TPSA) is 66.5 Å². The molecule has 0 aromatic carbocycles. The van der Waals surface area contributed by atoms with Gasteiger partial charge in [-0.25, -0.2) is 0 Å². The van der Waals surface area contributed by atoms with Crippen LogP contribution in [0, 0.1) is 5.92 Å². The zero-order chi connectivity index (χ0) is 14.2. The van der Waals surface area contributed by atoms with Gasteiger partial charge < -0.3 is 16.0 Å². The molecule has 1 fully saturated rings. The number of aromatic nitrogens is 1. The second kappa shape index (κ2) is 7.85. The molecule has 2 heterocycles. The van der Waals surface area contributed by atoms with Crippen LogP contribution >= 0.6 is 0 Å². The summed E-state index contributed by atoms with van der Waals surface area (Å²) in [7, 11) is 0. The number of guanidine groups is 1. The third-order valence-electron chi connectivity index (χ3n) is 3.75. The molecule has 1 aliphatic heterocycles. The predicted molar refractivity (Wildman–Crippen MR) is 82.7 cm³/mol. The van der Waals surface area contributed by atoms with Gasteiger partial charge in [-0.3, -0.25) is 9.98 Å². The lowest BCUT2D eigenvalue weighted by atomic mass is 10.1. The van der Waals surface area contributed by atoms with Crippen molar-refractivity contribution >= 4 is 5.96 Å². The Morgan fingerprint density at radius 2 is 2.45 bits per heavy atom. The minimum absolute atomic E-state index is 0.552. The lowest BCUT2D eigenvalue weighted by molar-refractivity contribution is 0.343. The van der Waals surface area contributed by atoms with Gasteiger partial charge in [0.15, 0.2) is 5.96 Å². The summed E-state index contributed by atoms with van der Waals surface area (Å²) in [6.07, 6.45) is 3.91. The molecule has 0 aliphatic carbocycles. The number of likely N-dealkylation sites (tertiary alicyclic amines) is 1. The third-order valence-corrected chi connectivity index (χ3v) is 3.75. The molecular weight excluding hydrogens is 250 g/mol. The van der Waals surface area contributed by atoms with Crippen molar-refractivity contribution in [1.29, 1.82) is 0 Å². The molecule has 1 aromatic rings. The molecule has 5 heteroatoms. The van der Waals surface area contributed by atoms with Gasteiger partial charge in [-0.05, 0) is 37.6 Å². The molecule has 0 amide bonds. The van der Waals surface area contributed by atoms with Gasteiger partial charge in [0, 0.05) is 37.9 Å². The maximum Gasteiger partial charge on any atom is 0.188 e. The summed E-state index contributed by atoms with van der Waals surface area (Å²) < 4.78 is 0. The number of rotatable bonds is 6. The molecule has 1 atom stereocenters. The van der Waals surface area contributed by atoms with E-state index in [4.69, 9.17) is 5.73 Å². The van der Waals surface area contributed by atoms with E-state index in [1.165, 1.54) is 13.0 Å². The van der Waals surface area contributed by atoms with E-state index in [0.717, 1.165) is 38.3 Å². The van der Waals surface area contributed by atoms with Crippen molar-refractivity contribution in [2.75, 3.05) is 32.7 Å². The van der Waals surface area contributed by atoms with Gasteiger partial charge in [0.2, 0.25) is 0 Å². The first-order valence-electron chi connectivity index (χ1n) is 7.44. The fraction of sp³-hybridized carbons (Fsp3) is 0.600. The van der Waals surface area contributed by atoms with Crippen LogP contribution in [0.15, 0.2) is 29.4 Å². The second-order valence-electron chi connectivity index (χ2n) is 5.27. The molecule has 1 unspecified atom stereocenters. The fourth-order valence-electron chi connectivity index (χ4n) is 2.50. The standard InChI is InChI=1S/C15H25N5/c1-2-20-10-7-13(12-20)11-19-15(16)18-9-6-14-5-3-4-8-17-14/h3-5,8,13H,2,6-7,9-12H2,1H3,(H3,16,18,19). The molecule has 110 valence electrons. The fourth-order valence-corrected chi connectivity index (χ4v) is 2.50. The van der Waals surface area contributed by atoms with Crippen LogP contribution in [0.2, 0.25) is 0 Å². The van der Waals surface area contributed by atoms with Crippen LogP contribution in [0.1, 0.15) is 19.0 Å². The summed E-state index contributed by atoms with van der Waals surface area (Å²) in [6.45, 7) is 7.30. The van der Waals surface area contributed by atoms with E-state index in [0.29, 0.717) is 11.9 Å². The van der Waals surface area contributed by atoms with Crippen LogP contribution in [0.25, 0.3) is 0 Å². The Balaban J connectivity index is 1.64. The van der Waals surface area contributed by atoms with Gasteiger partial charge in [0.25, 0.3) is 0 Å². The second-order valence-corrected chi connectivity index (χ2v) is 5.27. The van der Waals surface area contributed by atoms with Crippen LogP contribution in [-0.2, 0) is 6.42 Å². The van der Waals surface area contributed by atoms with Crippen molar-refractivity contribution in [1.82, 2.24) is 15.2 Å². The molecule has 0 radical (unpaired) electrons. The molecule has 0 bridgehead atoms. The predicted octanol–water partition coefficient (Wildman–Crippen LogP) is 0.870. The number of hydrogen-bond acceptors (Lipinski definition) is 3. The number of aliphatic imine (C=N–C) groups is 1. The minimum Gasteiger partial charge on any atom is -0.370 e. The number of nitrogens with two attached hydrogens (primary N) is 1. The van der Waals surface area contributed by atoms with E-state index in [1.807, 2.05) is 24.4 Å². The average molecular weight is 275 g/mol. The lowest BCUT2D eigenvalue weighted by Gasteiger charge is -2.12. The Labute approximate surface area is 121 Å². The van der Waals surface area contributed by atoms with Crippen molar-refractivity contribution in [3.8, 4) is 0 Å². The van der Waals surface area contributed by atoms with E-state index in [9.17, 15) is 0 Å². The van der Waals surface area contributed by atoms with Gasteiger partial charge >= 0.3 is 0 Å². The third kappa shape index (κ3) is 4.81. The highest BCUT2D eigenvalue weighted by atomic mass is 15.1. The van der Waals surface area contributed by atoms with Crippen molar-refractivity contribution in [2.45, 2.75) is 19.8 Å². The van der Waals surface area contributed by atoms with Crippen molar-refractivity contribution in [3.63, 3.8) is 0 Å². The maximum absolute atomic E-state index is 5.89. The summed E-state index contributed by atoms with van der Waals surface area (Å²) >= 11 is 0. The van der Waals surface area contributed by atoms with Gasteiger partial charge in [-0.15, -0.1) is 0 Å². The Hall–Kier alpha value is -1.62. The van der Waals surface area contributed by atoms with Crippen molar-refractivity contribution < 1.29 is 0 Å². The van der Waals surface area contributed by atoms with Gasteiger partial charge in [-0.2, -0.15) is 0 Å². The molecule has 0 spiro atoms. The Morgan fingerprint density at radius 1 is 1.55 bits per heavy atom. The van der Waals surface area contributed by atoms with Gasteiger partial charge in [0.1, 0.15) is 0 Å². The summed E-state index contributed by atoms with van der Waals surface area (Å²) in [5.74, 6) is 1.21. The van der Waals surface area contributed by atoms with Crippen molar-refractivity contribution in [2.24, 2.45) is 16.6 Å². The quantitative estimate of drug-likeness (QED) is 0.597. The molecule has 0 saturated carbocycles. The normalized spacial score (nSPS) is 20.2. The Bertz CT molecular complexity index is 418. The SMILES string of the molecule is CCN1CCC(CN=C(N)NCCc2ccccn2)C1. The molecule has 2 rings (SSSR count). The zero-order valence-corrected chi connectivity index (χ0v) is 12.3. The largest absolute Gasteiger partial charge is 0.370 e. The Morgan fingerprint density at radius 3 is 3.15 bits per heavy atom. The van der Waals surface area contributed by atoms with Gasteiger partial charge in [0.05, 0.1) is 0 Å². The number of hydrogen-bond donors (Lipinski definition) is 2. The first-order valence-corrected chi connectivity index (χ1v) is 7.44. The highest BCUT2D eigenvalue weighted by molar-refractivity contribution is 5.77. The summed E-state index contributed by atoms with van der Waals surface area (Å²) in [6, 6.07) is 5.94. The van der Waals surface area contributed by atoms with E-state index in [1.54, 1.807) is 0 Å². The van der Waals surface area contributed by atoms with E-state index < -0.39 is 0 Å². The number of nitrogens with one attached hydrogen (secondary N) is 1. The molecule has 1 aromatic heterocycles. The summed E-state index contributed by atoms with van der Waals surface area (Å²) in [4.78, 5) is 11.2. The van der Waals surface area contributed by atoms with E-state index in [-0.39, 0.29) is 0 Å². The molecule has 20 heavy (non-hydrogen) atoms. The molecule has 1 saturated heterocycles. The van der Waals surface area contributed by atoms with Crippen LogP contribution in [-0.4, -0.2) is 48.6 Å². The van der Waals surface area contributed by atoms with Gasteiger partial charge in [-0.1, -0.05) is 13.0 Å². The van der Waals surface area contributed by atoms with E-state index >= 15 is 0 Å². The maximum atomic E-state index is 5.89. The number of nitrogens with zero attached hydrogens (tertiary/aromatic N) is 3. The van der Waals surface area contributed by atoms with E-state index in [2.05, 4.69) is 27.1 Å². The molecule has 1 aliphatic rings. The minimum atomic E-state index is 0.552. The summed E-state index contributed by atoms with van der Waals surface area (Å²) in [5, 5.41) is 3.15. The number of pyridine rings is 1. The van der Waals surface area contributed by atoms with Crippen molar-refractivity contribution in [3.05, 3.63) is 30.1 Å². The summed E-state index contributed by atoms with van der Waals surface area (Å²) in [5.41, 5.74) is 6.96. The van der Waals surface area contributed by atoms with Crippen LogP contribution in [0.4, 0.5) is 0 Å². The first kappa shape index (κ1) is 14.8. The Kier molecular flexibility index (Phi) is 5.80. The average Bonchev–Trinajstić information content (AvgIpc) is 2.94. The molecule has 3 N–H and O–H groups in total. The monoisotopic (exact) mass is 275 g/mol. The van der Waals surface area contributed by atoms with Crippen LogP contribution < -0.4 is 11.1 Å². The van der Waals surface area contributed by atoms with Crippen LogP contribution in [0.3, 0.4) is 0 Å². The highest BCUT2D eigenvalue weighted by Gasteiger charge is 2.20. The molecular formula is C15H25N5. The molecule has 5 nitrogen and oxygen atoms in total. The lowest BCUT2D eigenvalue weighted by Crippen LogP contribution is -2.34. The first-order chi connectivity index (χ1) is 9.78. The van der Waals surface area contributed by atoms with Crippen LogP contribution in [0.5, 0.6) is 0 Å².